The van der Waals surface area contributed by atoms with E-state index in [-0.39, 0.29) is 8.37 Å². The molecule has 4 nitrogen and oxygen atoms in total. The van der Waals surface area contributed by atoms with Crippen LogP contribution in [0, 0.1) is 0 Å². The van der Waals surface area contributed by atoms with Crippen LogP contribution in [-0.4, -0.2) is 59.8 Å². The van der Waals surface area contributed by atoms with E-state index < -0.39 is 0 Å². The van der Waals surface area contributed by atoms with Gasteiger partial charge in [0.2, 0.25) is 0 Å². The van der Waals surface area contributed by atoms with Crippen molar-refractivity contribution < 1.29 is 0 Å². The molecule has 0 bridgehead atoms. The first-order valence-electron chi connectivity index (χ1n) is 9.03. The van der Waals surface area contributed by atoms with E-state index in [0.717, 1.165) is 13.1 Å². The van der Waals surface area contributed by atoms with Crippen molar-refractivity contribution in [2.75, 3.05) is 45.8 Å². The summed E-state index contributed by atoms with van der Waals surface area (Å²) in [6.45, 7) is 14.9. The predicted octanol–water partition coefficient (Wildman–Crippen LogP) is 3.49. The van der Waals surface area contributed by atoms with Crippen LogP contribution in [0.5, 0.6) is 0 Å². The minimum Gasteiger partial charge on any atom is -0.329 e. The fraction of sp³-hybridized carbons (Fsp3) is 1.00. The van der Waals surface area contributed by atoms with Crippen LogP contribution >= 0.6 is 8.37 Å². The van der Waals surface area contributed by atoms with Gasteiger partial charge in [0.1, 0.15) is 8.37 Å². The molecular formula is C16H37N4P. The summed E-state index contributed by atoms with van der Waals surface area (Å²) >= 11 is 0. The Hall–Kier alpha value is 0.270. The summed E-state index contributed by atoms with van der Waals surface area (Å²) in [7, 11) is -0.309. The molecule has 21 heavy (non-hydrogen) atoms. The summed E-state index contributed by atoms with van der Waals surface area (Å²) < 4.78 is 8.23. The van der Waals surface area contributed by atoms with Crippen LogP contribution in [0.25, 0.3) is 0 Å². The molecule has 0 unspecified atom stereocenters. The molecule has 0 radical (unpaired) electrons. The first-order chi connectivity index (χ1) is 10.3. The number of nitrogens with two attached hydrogens (primary N) is 1. The van der Waals surface area contributed by atoms with E-state index in [1.165, 1.54) is 71.2 Å². The minimum atomic E-state index is -0.309. The Morgan fingerprint density at radius 1 is 0.857 bits per heavy atom. The van der Waals surface area contributed by atoms with E-state index in [1.54, 1.807) is 0 Å². The quantitative estimate of drug-likeness (QED) is 0.661. The smallest absolute Gasteiger partial charge is 0.120 e. The van der Waals surface area contributed by atoms with Crippen LogP contribution in [0.4, 0.5) is 0 Å². The maximum atomic E-state index is 5.91. The van der Waals surface area contributed by atoms with Gasteiger partial charge in [-0.05, 0) is 32.1 Å². The van der Waals surface area contributed by atoms with Crippen molar-refractivity contribution in [2.45, 2.75) is 59.3 Å². The van der Waals surface area contributed by atoms with Crippen molar-refractivity contribution in [2.24, 2.45) is 5.73 Å². The number of rotatable bonds is 9. The number of hydrogen-bond acceptors (Lipinski definition) is 4. The highest BCUT2D eigenvalue weighted by Gasteiger charge is 2.30. The zero-order valence-electron chi connectivity index (χ0n) is 14.6. The van der Waals surface area contributed by atoms with Crippen molar-refractivity contribution in [3.8, 4) is 0 Å². The Balaban J connectivity index is 2.92. The molecule has 5 heteroatoms. The van der Waals surface area contributed by atoms with Crippen LogP contribution in [0.15, 0.2) is 0 Å². The number of nitrogens with zero attached hydrogens (tertiary/aromatic N) is 3. The highest BCUT2D eigenvalue weighted by atomic mass is 31.2. The van der Waals surface area contributed by atoms with Crippen molar-refractivity contribution >= 4 is 8.37 Å². The van der Waals surface area contributed by atoms with Crippen molar-refractivity contribution in [3.05, 3.63) is 0 Å². The van der Waals surface area contributed by atoms with Crippen molar-refractivity contribution in [1.29, 1.82) is 0 Å². The molecule has 1 saturated heterocycles. The molecule has 2 N–H and O–H groups in total. The summed E-state index contributed by atoms with van der Waals surface area (Å²) in [5.74, 6) is 0. The monoisotopic (exact) mass is 316 g/mol. The Morgan fingerprint density at radius 2 is 1.43 bits per heavy atom. The van der Waals surface area contributed by atoms with Gasteiger partial charge in [-0.1, -0.05) is 27.2 Å². The average molecular weight is 316 g/mol. The van der Waals surface area contributed by atoms with E-state index in [4.69, 9.17) is 5.73 Å². The standard InChI is InChI=1S/C16H37N4P/c1-4-11-18-14-8-7-9-15-19(12-5-2)21(18)20(13-6-3)16-10-17/h4-17H2,1-3H3. The lowest BCUT2D eigenvalue weighted by Gasteiger charge is -2.46. The topological polar surface area (TPSA) is 35.7 Å². The first kappa shape index (κ1) is 19.3. The second-order valence-electron chi connectivity index (χ2n) is 5.98. The van der Waals surface area contributed by atoms with Gasteiger partial charge >= 0.3 is 0 Å². The molecule has 1 fully saturated rings. The van der Waals surface area contributed by atoms with Crippen molar-refractivity contribution in [3.63, 3.8) is 0 Å². The largest absolute Gasteiger partial charge is 0.329 e. The zero-order chi connectivity index (χ0) is 15.5. The van der Waals surface area contributed by atoms with Crippen LogP contribution in [0.3, 0.4) is 0 Å². The molecular weight excluding hydrogens is 279 g/mol. The van der Waals surface area contributed by atoms with Crippen LogP contribution in [-0.2, 0) is 0 Å². The third-order valence-electron chi connectivity index (χ3n) is 3.92. The summed E-state index contributed by atoms with van der Waals surface area (Å²) in [4.78, 5) is 0. The summed E-state index contributed by atoms with van der Waals surface area (Å²) in [6, 6.07) is 0. The fourth-order valence-electron chi connectivity index (χ4n) is 3.10. The molecule has 1 rings (SSSR count). The van der Waals surface area contributed by atoms with Gasteiger partial charge in [-0.2, -0.15) is 0 Å². The van der Waals surface area contributed by atoms with Crippen molar-refractivity contribution in [1.82, 2.24) is 14.0 Å². The first-order valence-corrected chi connectivity index (χ1v) is 10.2. The molecule has 0 aromatic rings. The van der Waals surface area contributed by atoms with E-state index in [9.17, 15) is 0 Å². The van der Waals surface area contributed by atoms with E-state index in [1.807, 2.05) is 0 Å². The lowest BCUT2D eigenvalue weighted by Crippen LogP contribution is -2.42. The second-order valence-corrected chi connectivity index (χ2v) is 8.21. The Labute approximate surface area is 133 Å². The molecule has 1 aliphatic heterocycles. The molecule has 126 valence electrons. The predicted molar refractivity (Wildman–Crippen MR) is 95.4 cm³/mol. The van der Waals surface area contributed by atoms with Crippen LogP contribution in [0.1, 0.15) is 59.3 Å². The SMILES string of the molecule is CCCN(CCN)P1N(CCC)CCCCCN1CCC. The molecule has 1 heterocycles. The van der Waals surface area contributed by atoms with Gasteiger partial charge < -0.3 is 5.73 Å². The van der Waals surface area contributed by atoms with Crippen LogP contribution < -0.4 is 5.73 Å². The zero-order valence-corrected chi connectivity index (χ0v) is 15.5. The van der Waals surface area contributed by atoms with Gasteiger partial charge in [0, 0.05) is 45.8 Å². The summed E-state index contributed by atoms with van der Waals surface area (Å²) in [6.07, 6.45) is 7.83. The van der Waals surface area contributed by atoms with Gasteiger partial charge in [-0.15, -0.1) is 0 Å². The molecule has 0 spiro atoms. The van der Waals surface area contributed by atoms with E-state index >= 15 is 0 Å². The average Bonchev–Trinajstić information content (AvgIpc) is 2.45. The molecule has 0 aliphatic carbocycles. The second kappa shape index (κ2) is 11.8. The minimum absolute atomic E-state index is 0.309. The lowest BCUT2D eigenvalue weighted by molar-refractivity contribution is 0.293. The third kappa shape index (κ3) is 6.50. The Kier molecular flexibility index (Phi) is 10.8. The maximum absolute atomic E-state index is 5.91. The molecule has 0 aromatic heterocycles. The lowest BCUT2D eigenvalue weighted by atomic mass is 10.2. The summed E-state index contributed by atoms with van der Waals surface area (Å²) in [5, 5.41) is 0. The fourth-order valence-corrected chi connectivity index (χ4v) is 6.24. The normalized spacial score (nSPS) is 19.9. The van der Waals surface area contributed by atoms with Crippen LogP contribution in [0.2, 0.25) is 0 Å². The molecule has 0 saturated carbocycles. The van der Waals surface area contributed by atoms with E-state index in [2.05, 4.69) is 34.8 Å². The van der Waals surface area contributed by atoms with Gasteiger partial charge in [0.15, 0.2) is 0 Å². The third-order valence-corrected chi connectivity index (χ3v) is 6.64. The highest BCUT2D eigenvalue weighted by molar-refractivity contribution is 7.50. The van der Waals surface area contributed by atoms with Gasteiger partial charge in [0.25, 0.3) is 0 Å². The van der Waals surface area contributed by atoms with Gasteiger partial charge in [-0.3, -0.25) is 14.0 Å². The molecule has 1 aliphatic rings. The Bertz CT molecular complexity index is 216. The number of hydrogen-bond donors (Lipinski definition) is 1. The molecule has 0 aromatic carbocycles. The molecule has 0 amide bonds. The molecule has 0 atom stereocenters. The maximum Gasteiger partial charge on any atom is 0.120 e. The Morgan fingerprint density at radius 3 is 1.86 bits per heavy atom. The summed E-state index contributed by atoms with van der Waals surface area (Å²) in [5.41, 5.74) is 5.91. The highest BCUT2D eigenvalue weighted by Crippen LogP contribution is 2.49. The van der Waals surface area contributed by atoms with Gasteiger partial charge in [0.05, 0.1) is 0 Å². The van der Waals surface area contributed by atoms with E-state index in [0.29, 0.717) is 0 Å². The van der Waals surface area contributed by atoms with Gasteiger partial charge in [-0.25, -0.2) is 0 Å².